The van der Waals surface area contributed by atoms with Crippen molar-refractivity contribution < 1.29 is 4.74 Å². The van der Waals surface area contributed by atoms with Crippen molar-refractivity contribution in [3.05, 3.63) is 51.5 Å². The number of rotatable bonds is 4. The number of hydrogen-bond donors (Lipinski definition) is 1. The van der Waals surface area contributed by atoms with Crippen molar-refractivity contribution in [1.82, 2.24) is 0 Å². The Morgan fingerprint density at radius 2 is 2.05 bits per heavy atom. The number of thioether (sulfide) groups is 1. The van der Waals surface area contributed by atoms with Crippen LogP contribution in [0, 0.1) is 0 Å². The minimum absolute atomic E-state index is 0.716. The molecule has 2 aromatic carbocycles. The van der Waals surface area contributed by atoms with E-state index in [4.69, 9.17) is 22.1 Å². The van der Waals surface area contributed by atoms with Crippen molar-refractivity contribution in [3.8, 4) is 5.75 Å². The Labute approximate surface area is 130 Å². The molecular formula is C14H13BrClNOS. The first-order valence-electron chi connectivity index (χ1n) is 5.60. The molecule has 100 valence electrons. The first kappa shape index (κ1) is 14.6. The highest BCUT2D eigenvalue weighted by atomic mass is 79.9. The lowest BCUT2D eigenvalue weighted by Crippen LogP contribution is -1.91. The molecule has 0 radical (unpaired) electrons. The van der Waals surface area contributed by atoms with E-state index in [1.807, 2.05) is 30.3 Å². The molecule has 0 aliphatic carbocycles. The first-order valence-corrected chi connectivity index (χ1v) is 7.76. The zero-order valence-electron chi connectivity index (χ0n) is 10.3. The van der Waals surface area contributed by atoms with Crippen molar-refractivity contribution in [3.63, 3.8) is 0 Å². The molecule has 2 nitrogen and oxygen atoms in total. The van der Waals surface area contributed by atoms with Crippen molar-refractivity contribution in [1.29, 1.82) is 0 Å². The summed E-state index contributed by atoms with van der Waals surface area (Å²) < 4.78 is 6.38. The lowest BCUT2D eigenvalue weighted by molar-refractivity contribution is 0.411. The van der Waals surface area contributed by atoms with Crippen molar-refractivity contribution in [2.24, 2.45) is 0 Å². The van der Waals surface area contributed by atoms with Gasteiger partial charge >= 0.3 is 0 Å². The molecule has 0 amide bonds. The van der Waals surface area contributed by atoms with Crippen molar-refractivity contribution in [2.45, 2.75) is 10.6 Å². The molecule has 2 rings (SSSR count). The van der Waals surface area contributed by atoms with Gasteiger partial charge in [0.05, 0.1) is 12.1 Å². The van der Waals surface area contributed by atoms with Gasteiger partial charge in [-0.3, -0.25) is 0 Å². The number of anilines is 1. The molecule has 0 heterocycles. The number of methoxy groups -OCH3 is 1. The molecule has 2 N–H and O–H groups in total. The molecule has 19 heavy (non-hydrogen) atoms. The van der Waals surface area contributed by atoms with Gasteiger partial charge in [-0.2, -0.15) is 0 Å². The molecule has 0 aliphatic rings. The number of nitrogens with two attached hydrogens (primary N) is 1. The second-order valence-electron chi connectivity index (χ2n) is 3.93. The lowest BCUT2D eigenvalue weighted by Gasteiger charge is -2.10. The summed E-state index contributed by atoms with van der Waals surface area (Å²) in [5, 5.41) is 0.716. The van der Waals surface area contributed by atoms with Crippen LogP contribution >= 0.6 is 39.3 Å². The van der Waals surface area contributed by atoms with E-state index in [9.17, 15) is 0 Å². The average Bonchev–Trinajstić information content (AvgIpc) is 2.40. The molecule has 0 spiro atoms. The largest absolute Gasteiger partial charge is 0.496 e. The van der Waals surface area contributed by atoms with Crippen LogP contribution in [0.3, 0.4) is 0 Å². The highest BCUT2D eigenvalue weighted by Gasteiger charge is 2.07. The zero-order chi connectivity index (χ0) is 13.8. The Bertz CT molecular complexity index is 592. The van der Waals surface area contributed by atoms with Crippen LogP contribution < -0.4 is 10.5 Å². The van der Waals surface area contributed by atoms with E-state index in [0.29, 0.717) is 10.7 Å². The van der Waals surface area contributed by atoms with E-state index in [0.717, 1.165) is 26.4 Å². The molecule has 0 bridgehead atoms. The lowest BCUT2D eigenvalue weighted by atomic mass is 10.2. The van der Waals surface area contributed by atoms with Gasteiger partial charge in [0.2, 0.25) is 0 Å². The average molecular weight is 359 g/mol. The molecule has 5 heteroatoms. The van der Waals surface area contributed by atoms with Gasteiger partial charge in [0.15, 0.2) is 0 Å². The highest BCUT2D eigenvalue weighted by molar-refractivity contribution is 9.10. The minimum atomic E-state index is 0.716. The van der Waals surface area contributed by atoms with Crippen molar-refractivity contribution >= 4 is 45.0 Å². The molecule has 0 unspecified atom stereocenters. The molecule has 0 saturated heterocycles. The van der Waals surface area contributed by atoms with E-state index in [1.54, 1.807) is 24.9 Å². The summed E-state index contributed by atoms with van der Waals surface area (Å²) in [4.78, 5) is 0.976. The monoisotopic (exact) mass is 357 g/mol. The fourth-order valence-electron chi connectivity index (χ4n) is 1.65. The summed E-state index contributed by atoms with van der Waals surface area (Å²) >= 11 is 11.3. The van der Waals surface area contributed by atoms with Crippen LogP contribution in [0.1, 0.15) is 5.56 Å². The summed E-state index contributed by atoms with van der Waals surface area (Å²) in [5.74, 6) is 1.64. The maximum Gasteiger partial charge on any atom is 0.122 e. The summed E-state index contributed by atoms with van der Waals surface area (Å²) in [5.41, 5.74) is 7.60. The van der Waals surface area contributed by atoms with Gasteiger partial charge in [-0.05, 0) is 36.4 Å². The van der Waals surface area contributed by atoms with Crippen LogP contribution in [0.4, 0.5) is 5.69 Å². The van der Waals surface area contributed by atoms with Gasteiger partial charge in [0.1, 0.15) is 5.75 Å². The number of nitrogen functional groups attached to an aromatic ring is 1. The van der Waals surface area contributed by atoms with E-state index in [2.05, 4.69) is 15.9 Å². The van der Waals surface area contributed by atoms with Gasteiger partial charge < -0.3 is 10.5 Å². The van der Waals surface area contributed by atoms with Gasteiger partial charge in [-0.15, -0.1) is 11.8 Å². The highest BCUT2D eigenvalue weighted by Crippen LogP contribution is 2.34. The van der Waals surface area contributed by atoms with Crippen LogP contribution in [-0.2, 0) is 5.75 Å². The Morgan fingerprint density at radius 1 is 1.26 bits per heavy atom. The maximum atomic E-state index is 6.15. The predicted molar refractivity (Wildman–Crippen MR) is 86.1 cm³/mol. The number of hydrogen-bond acceptors (Lipinski definition) is 3. The molecule has 0 aliphatic heterocycles. The van der Waals surface area contributed by atoms with Gasteiger partial charge in [-0.25, -0.2) is 0 Å². The third kappa shape index (κ3) is 3.81. The molecular weight excluding hydrogens is 346 g/mol. The summed E-state index contributed by atoms with van der Waals surface area (Å²) in [6.07, 6.45) is 0. The topological polar surface area (TPSA) is 35.2 Å². The molecule has 0 fully saturated rings. The fraction of sp³-hybridized carbons (Fsp3) is 0.143. The number of benzene rings is 2. The molecule has 0 aromatic heterocycles. The quantitative estimate of drug-likeness (QED) is 0.618. The second kappa shape index (κ2) is 6.55. The second-order valence-corrected chi connectivity index (χ2v) is 6.27. The zero-order valence-corrected chi connectivity index (χ0v) is 13.5. The van der Waals surface area contributed by atoms with Gasteiger partial charge in [-0.1, -0.05) is 27.5 Å². The normalized spacial score (nSPS) is 10.5. The fourth-order valence-corrected chi connectivity index (χ4v) is 3.30. The van der Waals surface area contributed by atoms with Crippen LogP contribution in [0.25, 0.3) is 0 Å². The Morgan fingerprint density at radius 3 is 2.79 bits per heavy atom. The van der Waals surface area contributed by atoms with Crippen LogP contribution in [-0.4, -0.2) is 7.11 Å². The summed E-state index contributed by atoms with van der Waals surface area (Å²) in [7, 11) is 1.67. The van der Waals surface area contributed by atoms with E-state index in [-0.39, 0.29) is 0 Å². The third-order valence-corrected chi connectivity index (χ3v) is 4.62. The molecule has 0 atom stereocenters. The standard InChI is InChI=1S/C14H13BrClNOS/c1-18-13-5-2-10(15)6-9(13)8-19-14-7-11(17)3-4-12(14)16/h2-7H,8,17H2,1H3. The van der Waals surface area contributed by atoms with Crippen LogP contribution in [0.2, 0.25) is 5.02 Å². The van der Waals surface area contributed by atoms with Crippen LogP contribution in [0.15, 0.2) is 45.8 Å². The molecule has 0 saturated carbocycles. The SMILES string of the molecule is COc1ccc(Br)cc1CSc1cc(N)ccc1Cl. The van der Waals surface area contributed by atoms with E-state index >= 15 is 0 Å². The smallest absolute Gasteiger partial charge is 0.122 e. The van der Waals surface area contributed by atoms with E-state index < -0.39 is 0 Å². The van der Waals surface area contributed by atoms with E-state index in [1.165, 1.54) is 0 Å². The third-order valence-electron chi connectivity index (χ3n) is 2.58. The van der Waals surface area contributed by atoms with Gasteiger partial charge in [0.25, 0.3) is 0 Å². The van der Waals surface area contributed by atoms with Gasteiger partial charge in [0, 0.05) is 26.4 Å². The summed E-state index contributed by atoms with van der Waals surface area (Å²) in [6.45, 7) is 0. The Balaban J connectivity index is 2.18. The predicted octanol–water partition coefficient (Wildman–Crippen LogP) is 4.99. The number of ether oxygens (including phenoxy) is 1. The number of halogens is 2. The van der Waals surface area contributed by atoms with Crippen molar-refractivity contribution in [2.75, 3.05) is 12.8 Å². The Hall–Kier alpha value is -0.840. The maximum absolute atomic E-state index is 6.15. The van der Waals surface area contributed by atoms with Crippen LogP contribution in [0.5, 0.6) is 5.75 Å². The Kier molecular flexibility index (Phi) is 5.02. The molecule has 2 aromatic rings. The minimum Gasteiger partial charge on any atom is -0.496 e. The first-order chi connectivity index (χ1) is 9.10. The summed E-state index contributed by atoms with van der Waals surface area (Å²) in [6, 6.07) is 11.5.